The number of hydrogen-bond acceptors (Lipinski definition) is 3. The van der Waals surface area contributed by atoms with E-state index in [0.717, 1.165) is 12.1 Å². The summed E-state index contributed by atoms with van der Waals surface area (Å²) < 4.78 is 0. The first-order valence-corrected chi connectivity index (χ1v) is 6.96. The molecule has 1 aromatic heterocycles. The molecule has 0 bridgehead atoms. The molecule has 0 aliphatic carbocycles. The highest BCUT2D eigenvalue weighted by Gasteiger charge is 2.20. The van der Waals surface area contributed by atoms with Gasteiger partial charge < -0.3 is 9.80 Å². The van der Waals surface area contributed by atoms with Crippen LogP contribution in [0.4, 0.5) is 0 Å². The Labute approximate surface area is 120 Å². The van der Waals surface area contributed by atoms with Crippen molar-refractivity contribution in [3.63, 3.8) is 0 Å². The summed E-state index contributed by atoms with van der Waals surface area (Å²) in [7, 11) is 4.00. The number of likely N-dealkylation sites (N-methyl/N-ethyl adjacent to an activating group) is 1. The van der Waals surface area contributed by atoms with E-state index in [4.69, 9.17) is 11.6 Å². The van der Waals surface area contributed by atoms with Crippen molar-refractivity contribution in [3.8, 4) is 0 Å². The molecule has 1 atom stereocenters. The number of pyridine rings is 1. The van der Waals surface area contributed by atoms with Crippen molar-refractivity contribution in [1.82, 2.24) is 14.8 Å². The van der Waals surface area contributed by atoms with Crippen molar-refractivity contribution >= 4 is 17.5 Å². The maximum absolute atomic E-state index is 12.3. The molecule has 1 aromatic rings. The van der Waals surface area contributed by atoms with Crippen LogP contribution in [0.1, 0.15) is 12.5 Å². The molecule has 1 amide bonds. The fourth-order valence-corrected chi connectivity index (χ4v) is 1.81. The topological polar surface area (TPSA) is 36.4 Å². The molecule has 4 nitrogen and oxygen atoms in total. The normalized spacial score (nSPS) is 12.5. The van der Waals surface area contributed by atoms with Gasteiger partial charge in [-0.05, 0) is 25.7 Å². The fraction of sp³-hybridized carbons (Fsp3) is 0.571. The first-order valence-electron chi connectivity index (χ1n) is 6.43. The smallest absolute Gasteiger partial charge is 0.226 e. The zero-order valence-electron chi connectivity index (χ0n) is 11.8. The van der Waals surface area contributed by atoms with E-state index < -0.39 is 0 Å². The van der Waals surface area contributed by atoms with Gasteiger partial charge in [0, 0.05) is 43.8 Å². The van der Waals surface area contributed by atoms with Crippen LogP contribution in [0.3, 0.4) is 0 Å². The molecule has 1 heterocycles. The minimum absolute atomic E-state index is 0.0979. The molecule has 0 fully saturated rings. The predicted molar refractivity (Wildman–Crippen MR) is 78.1 cm³/mol. The maximum Gasteiger partial charge on any atom is 0.226 e. The summed E-state index contributed by atoms with van der Waals surface area (Å²) in [6, 6.07) is 3.86. The van der Waals surface area contributed by atoms with Crippen molar-refractivity contribution < 1.29 is 4.79 Å². The molecule has 0 aliphatic rings. The van der Waals surface area contributed by atoms with Gasteiger partial charge in [0.25, 0.3) is 0 Å². The first-order chi connectivity index (χ1) is 9.04. The van der Waals surface area contributed by atoms with Gasteiger partial charge in [-0.15, -0.1) is 11.6 Å². The molecular formula is C14H22ClN3O. The van der Waals surface area contributed by atoms with Gasteiger partial charge in [0.05, 0.1) is 0 Å². The van der Waals surface area contributed by atoms with Crippen molar-refractivity contribution in [2.45, 2.75) is 13.5 Å². The van der Waals surface area contributed by atoms with Crippen LogP contribution in [0.25, 0.3) is 0 Å². The molecule has 19 heavy (non-hydrogen) atoms. The molecule has 0 saturated heterocycles. The summed E-state index contributed by atoms with van der Waals surface area (Å²) in [6.07, 6.45) is 3.53. The number of nitrogens with zero attached hydrogens (tertiary/aromatic N) is 3. The number of hydrogen-bond donors (Lipinski definition) is 0. The highest BCUT2D eigenvalue weighted by Crippen LogP contribution is 2.09. The second kappa shape index (κ2) is 8.12. The zero-order chi connectivity index (χ0) is 14.3. The van der Waals surface area contributed by atoms with Gasteiger partial charge in [-0.3, -0.25) is 9.78 Å². The van der Waals surface area contributed by atoms with Crippen LogP contribution in [-0.2, 0) is 11.3 Å². The van der Waals surface area contributed by atoms with E-state index in [2.05, 4.69) is 9.88 Å². The second-order valence-electron chi connectivity index (χ2n) is 4.98. The Morgan fingerprint density at radius 2 is 2.16 bits per heavy atom. The first kappa shape index (κ1) is 15.9. The molecule has 0 spiro atoms. The lowest BCUT2D eigenvalue weighted by Gasteiger charge is -2.26. The van der Waals surface area contributed by atoms with Crippen LogP contribution in [-0.4, -0.2) is 53.8 Å². The monoisotopic (exact) mass is 283 g/mol. The average molecular weight is 284 g/mol. The number of aromatic nitrogens is 1. The van der Waals surface area contributed by atoms with Crippen molar-refractivity contribution in [1.29, 1.82) is 0 Å². The predicted octanol–water partition coefficient (Wildman–Crippen LogP) is 1.85. The van der Waals surface area contributed by atoms with Gasteiger partial charge in [-0.2, -0.15) is 0 Å². The molecule has 5 heteroatoms. The van der Waals surface area contributed by atoms with Crippen LogP contribution in [0.2, 0.25) is 0 Å². The number of halogens is 1. The average Bonchev–Trinajstić information content (AvgIpc) is 2.42. The summed E-state index contributed by atoms with van der Waals surface area (Å²) in [5, 5.41) is 0. The quantitative estimate of drug-likeness (QED) is 0.717. The van der Waals surface area contributed by atoms with Gasteiger partial charge >= 0.3 is 0 Å². The van der Waals surface area contributed by atoms with Gasteiger partial charge in [0.1, 0.15) is 0 Å². The van der Waals surface area contributed by atoms with Gasteiger partial charge in [0.15, 0.2) is 0 Å². The van der Waals surface area contributed by atoms with E-state index >= 15 is 0 Å². The van der Waals surface area contributed by atoms with E-state index in [9.17, 15) is 4.79 Å². The lowest BCUT2D eigenvalue weighted by atomic mass is 10.1. The Kier molecular flexibility index (Phi) is 6.81. The van der Waals surface area contributed by atoms with E-state index in [-0.39, 0.29) is 11.8 Å². The van der Waals surface area contributed by atoms with Crippen LogP contribution in [0.5, 0.6) is 0 Å². The zero-order valence-corrected chi connectivity index (χ0v) is 12.6. The molecule has 1 rings (SSSR count). The van der Waals surface area contributed by atoms with Crippen molar-refractivity contribution in [2.75, 3.05) is 33.1 Å². The standard InChI is InChI=1S/C14H22ClN3O/c1-12(9-15)14(19)18(8-7-17(2)3)11-13-5-4-6-16-10-13/h4-6,10,12H,7-9,11H2,1-3H3. The molecule has 0 N–H and O–H groups in total. The fourth-order valence-electron chi connectivity index (χ4n) is 1.68. The summed E-state index contributed by atoms with van der Waals surface area (Å²) in [6.45, 7) is 3.98. The SMILES string of the molecule is CC(CCl)C(=O)N(CCN(C)C)Cc1cccnc1. The van der Waals surface area contributed by atoms with Crippen LogP contribution >= 0.6 is 11.6 Å². The molecule has 106 valence electrons. The highest BCUT2D eigenvalue weighted by molar-refractivity contribution is 6.19. The third kappa shape index (κ3) is 5.57. The molecule has 0 radical (unpaired) electrons. The number of carbonyl (C=O) groups is 1. The van der Waals surface area contributed by atoms with Gasteiger partial charge in [-0.1, -0.05) is 13.0 Å². The third-order valence-corrected chi connectivity index (χ3v) is 3.34. The van der Waals surface area contributed by atoms with Crippen LogP contribution in [0, 0.1) is 5.92 Å². The minimum Gasteiger partial charge on any atom is -0.337 e. The Morgan fingerprint density at radius 3 is 2.68 bits per heavy atom. The molecule has 1 unspecified atom stereocenters. The van der Waals surface area contributed by atoms with E-state index in [0.29, 0.717) is 19.0 Å². The van der Waals surface area contributed by atoms with Crippen molar-refractivity contribution in [2.24, 2.45) is 5.92 Å². The van der Waals surface area contributed by atoms with Gasteiger partial charge in [0.2, 0.25) is 5.91 Å². The Balaban J connectivity index is 2.71. The Bertz CT molecular complexity index is 384. The van der Waals surface area contributed by atoms with E-state index in [1.165, 1.54) is 0 Å². The van der Waals surface area contributed by atoms with E-state index in [1.54, 1.807) is 12.4 Å². The summed E-state index contributed by atoms with van der Waals surface area (Å²) >= 11 is 5.79. The Morgan fingerprint density at radius 1 is 1.42 bits per heavy atom. The lowest BCUT2D eigenvalue weighted by Crippen LogP contribution is -2.39. The summed E-state index contributed by atoms with van der Waals surface area (Å²) in [5.41, 5.74) is 1.04. The van der Waals surface area contributed by atoms with Crippen LogP contribution < -0.4 is 0 Å². The second-order valence-corrected chi connectivity index (χ2v) is 5.29. The third-order valence-electron chi connectivity index (χ3n) is 2.88. The minimum atomic E-state index is -0.152. The van der Waals surface area contributed by atoms with E-state index in [1.807, 2.05) is 38.1 Å². The lowest BCUT2D eigenvalue weighted by molar-refractivity contribution is -0.135. The highest BCUT2D eigenvalue weighted by atomic mass is 35.5. The van der Waals surface area contributed by atoms with Crippen molar-refractivity contribution in [3.05, 3.63) is 30.1 Å². The maximum atomic E-state index is 12.3. The van der Waals surface area contributed by atoms with Crippen LogP contribution in [0.15, 0.2) is 24.5 Å². The molecule has 0 aromatic carbocycles. The number of amides is 1. The summed E-state index contributed by atoms with van der Waals surface area (Å²) in [4.78, 5) is 20.3. The number of rotatable bonds is 7. The number of alkyl halides is 1. The largest absolute Gasteiger partial charge is 0.337 e. The molecule has 0 aliphatic heterocycles. The molecular weight excluding hydrogens is 262 g/mol. The Hall–Kier alpha value is -1.13. The summed E-state index contributed by atoms with van der Waals surface area (Å²) in [5.74, 6) is 0.297. The van der Waals surface area contributed by atoms with Gasteiger partial charge in [-0.25, -0.2) is 0 Å². The molecule has 0 saturated carbocycles. The number of carbonyl (C=O) groups excluding carboxylic acids is 1.